The van der Waals surface area contributed by atoms with Crippen LogP contribution in [0, 0.1) is 0 Å². The van der Waals surface area contributed by atoms with Crippen LogP contribution in [0.2, 0.25) is 0 Å². The molecule has 1 aromatic heterocycles. The number of hydrogen-bond donors (Lipinski definition) is 0. The van der Waals surface area contributed by atoms with E-state index in [0.717, 1.165) is 50.0 Å². The molecule has 2 heterocycles. The summed E-state index contributed by atoms with van der Waals surface area (Å²) >= 11 is 1.18. The molecule has 7 nitrogen and oxygen atoms in total. The zero-order chi connectivity index (χ0) is 21.1. The van der Waals surface area contributed by atoms with Crippen LogP contribution in [0.3, 0.4) is 0 Å². The number of halogens is 1. The van der Waals surface area contributed by atoms with E-state index in [1.807, 2.05) is 13.8 Å². The number of likely N-dealkylation sites (N-methyl/N-ethyl adjacent to an activating group) is 1. The minimum atomic E-state index is -0.583. The maximum absolute atomic E-state index is 12.0. The van der Waals surface area contributed by atoms with Gasteiger partial charge in [-0.2, -0.15) is 4.37 Å². The molecule has 30 heavy (non-hydrogen) atoms. The molecule has 0 saturated carbocycles. The average Bonchev–Trinajstić information content (AvgIpc) is 3.18. The summed E-state index contributed by atoms with van der Waals surface area (Å²) in [6, 6.07) is 0. The van der Waals surface area contributed by atoms with Gasteiger partial charge in [-0.15, -0.1) is 4.37 Å². The number of hydrogen-bond acceptors (Lipinski definition) is 7. The van der Waals surface area contributed by atoms with Crippen molar-refractivity contribution >= 4 is 23.5 Å². The molecule has 2 rings (SSSR count). The van der Waals surface area contributed by atoms with Crippen molar-refractivity contribution in [2.24, 2.45) is 0 Å². The smallest absolute Gasteiger partial charge is 0.512 e. The predicted molar refractivity (Wildman–Crippen MR) is 115 cm³/mol. The van der Waals surface area contributed by atoms with Crippen LogP contribution in [0.15, 0.2) is 6.08 Å². The molecule has 0 aliphatic carbocycles. The Balaban J connectivity index is 0.00000450. The van der Waals surface area contributed by atoms with Crippen molar-refractivity contribution in [3.05, 3.63) is 11.8 Å². The summed E-state index contributed by atoms with van der Waals surface area (Å²) in [6.07, 6.45) is 8.41. The van der Waals surface area contributed by atoms with E-state index < -0.39 is 6.16 Å². The number of unbranched alkanes of at least 4 members (excludes halogenated alkanes) is 3. The second-order valence-electron chi connectivity index (χ2n) is 7.79. The zero-order valence-electron chi connectivity index (χ0n) is 18.7. The van der Waals surface area contributed by atoms with Gasteiger partial charge in [-0.25, -0.2) is 4.79 Å². The van der Waals surface area contributed by atoms with Crippen molar-refractivity contribution in [1.82, 2.24) is 8.75 Å². The van der Waals surface area contributed by atoms with Crippen LogP contribution in [0.4, 0.5) is 4.79 Å². The van der Waals surface area contributed by atoms with Gasteiger partial charge < -0.3 is 38.2 Å². The fourth-order valence-corrected chi connectivity index (χ4v) is 4.17. The third-order valence-corrected chi connectivity index (χ3v) is 5.77. The fourth-order valence-electron chi connectivity index (χ4n) is 3.63. The van der Waals surface area contributed by atoms with Gasteiger partial charge in [-0.3, -0.25) is 4.48 Å². The molecule has 1 aliphatic heterocycles. The number of quaternary nitrogens is 1. The van der Waals surface area contributed by atoms with Gasteiger partial charge in [0.1, 0.15) is 12.2 Å². The molecule has 0 spiro atoms. The standard InChI is InChI=1S/C21H36N3O4S.HI/c1-5-8-9-10-15-26-20-19(22-29-23-20)17-12-11-13-24(4,16-17)18(7-3)28-21(25)27-14-6-2;/h12,18H,5-11,13-16H2,1-4H3;1H/q+1;/p-1. The van der Waals surface area contributed by atoms with Gasteiger partial charge in [0.15, 0.2) is 0 Å². The Bertz CT molecular complexity index is 670. The number of carbonyl (C=O) groups excluding carboxylic acids is 1. The molecule has 172 valence electrons. The van der Waals surface area contributed by atoms with Gasteiger partial charge in [0.05, 0.1) is 38.5 Å². The van der Waals surface area contributed by atoms with E-state index in [-0.39, 0.29) is 30.2 Å². The molecule has 0 bridgehead atoms. The largest absolute Gasteiger partial charge is 1.00 e. The van der Waals surface area contributed by atoms with Crippen LogP contribution >= 0.6 is 11.7 Å². The SMILES string of the molecule is CCCCCCOc1nsnc1C1=CCC[N+](C)(C(CC)OC(=O)OCCC)C1.[I-]. The summed E-state index contributed by atoms with van der Waals surface area (Å²) in [6.45, 7) is 8.87. The quantitative estimate of drug-likeness (QED) is 0.171. The second kappa shape index (κ2) is 14.2. The minimum Gasteiger partial charge on any atom is -1.00 e. The van der Waals surface area contributed by atoms with Crippen LogP contribution in [-0.2, 0) is 9.47 Å². The number of aromatic nitrogens is 2. The molecule has 0 N–H and O–H groups in total. The van der Waals surface area contributed by atoms with Gasteiger partial charge in [0.25, 0.3) is 5.88 Å². The summed E-state index contributed by atoms with van der Waals surface area (Å²) in [7, 11) is 2.12. The Hall–Kier alpha value is -0.940. The lowest BCUT2D eigenvalue weighted by Crippen LogP contribution is -3.00. The van der Waals surface area contributed by atoms with Crippen molar-refractivity contribution < 1.29 is 47.5 Å². The molecule has 2 unspecified atom stereocenters. The third-order valence-electron chi connectivity index (χ3n) is 5.26. The Morgan fingerprint density at radius 2 is 1.97 bits per heavy atom. The third kappa shape index (κ3) is 7.96. The average molecular weight is 554 g/mol. The molecule has 1 aromatic rings. The Morgan fingerprint density at radius 1 is 1.17 bits per heavy atom. The molecule has 0 saturated heterocycles. The van der Waals surface area contributed by atoms with Gasteiger partial charge >= 0.3 is 6.16 Å². The molecule has 9 heteroatoms. The Kier molecular flexibility index (Phi) is 12.8. The van der Waals surface area contributed by atoms with Gasteiger partial charge in [-0.1, -0.05) is 46.1 Å². The predicted octanol–water partition coefficient (Wildman–Crippen LogP) is 2.03. The minimum absolute atomic E-state index is 0. The summed E-state index contributed by atoms with van der Waals surface area (Å²) < 4.78 is 26.2. The zero-order valence-corrected chi connectivity index (χ0v) is 21.7. The highest BCUT2D eigenvalue weighted by molar-refractivity contribution is 6.99. The van der Waals surface area contributed by atoms with E-state index in [1.54, 1.807) is 0 Å². The van der Waals surface area contributed by atoms with Gasteiger partial charge in [0, 0.05) is 18.4 Å². The normalized spacial score (nSPS) is 19.4. The first-order valence-corrected chi connectivity index (χ1v) is 11.6. The highest BCUT2D eigenvalue weighted by Gasteiger charge is 2.38. The molecule has 0 amide bonds. The molecular formula is C21H36IN3O4S. The first-order valence-electron chi connectivity index (χ1n) is 10.9. The molecular weight excluding hydrogens is 517 g/mol. The van der Waals surface area contributed by atoms with Crippen LogP contribution in [0.25, 0.3) is 5.57 Å². The maximum Gasteiger partial charge on any atom is 0.512 e. The van der Waals surface area contributed by atoms with Crippen molar-refractivity contribution in [1.29, 1.82) is 0 Å². The second-order valence-corrected chi connectivity index (χ2v) is 8.31. The summed E-state index contributed by atoms with van der Waals surface area (Å²) in [5.41, 5.74) is 1.94. The van der Waals surface area contributed by atoms with Crippen LogP contribution in [0.5, 0.6) is 5.88 Å². The van der Waals surface area contributed by atoms with E-state index in [0.29, 0.717) is 23.6 Å². The summed E-state index contributed by atoms with van der Waals surface area (Å²) in [5.74, 6) is 0.627. The first-order chi connectivity index (χ1) is 14.0. The van der Waals surface area contributed by atoms with Crippen molar-refractivity contribution in [2.45, 2.75) is 71.9 Å². The first kappa shape index (κ1) is 27.1. The van der Waals surface area contributed by atoms with E-state index in [4.69, 9.17) is 14.2 Å². The highest BCUT2D eigenvalue weighted by Crippen LogP contribution is 2.32. The number of nitrogens with zero attached hydrogens (tertiary/aromatic N) is 3. The Morgan fingerprint density at radius 3 is 2.67 bits per heavy atom. The van der Waals surface area contributed by atoms with Crippen molar-refractivity contribution in [3.63, 3.8) is 0 Å². The molecule has 0 radical (unpaired) electrons. The van der Waals surface area contributed by atoms with Gasteiger partial charge in [-0.05, 0) is 12.8 Å². The van der Waals surface area contributed by atoms with E-state index >= 15 is 0 Å². The lowest BCUT2D eigenvalue weighted by molar-refractivity contribution is -0.947. The lowest BCUT2D eigenvalue weighted by atomic mass is 10.0. The monoisotopic (exact) mass is 553 g/mol. The molecule has 0 aromatic carbocycles. The molecule has 0 fully saturated rings. The number of ether oxygens (including phenoxy) is 3. The van der Waals surface area contributed by atoms with E-state index in [9.17, 15) is 4.79 Å². The summed E-state index contributed by atoms with van der Waals surface area (Å²) in [5, 5.41) is 0. The van der Waals surface area contributed by atoms with Crippen LogP contribution in [-0.4, -0.2) is 59.0 Å². The van der Waals surface area contributed by atoms with Crippen LogP contribution in [0.1, 0.15) is 71.4 Å². The lowest BCUT2D eigenvalue weighted by Gasteiger charge is -2.42. The number of rotatable bonds is 12. The van der Waals surface area contributed by atoms with Crippen LogP contribution < -0.4 is 28.7 Å². The summed E-state index contributed by atoms with van der Waals surface area (Å²) in [4.78, 5) is 12.0. The topological polar surface area (TPSA) is 70.5 Å². The highest BCUT2D eigenvalue weighted by atomic mass is 127. The van der Waals surface area contributed by atoms with E-state index in [1.165, 1.54) is 31.0 Å². The maximum atomic E-state index is 12.0. The van der Waals surface area contributed by atoms with Crippen molar-refractivity contribution in [3.8, 4) is 5.88 Å². The fraction of sp³-hybridized carbons (Fsp3) is 0.762. The molecule has 2 atom stereocenters. The van der Waals surface area contributed by atoms with Gasteiger partial charge in [0.2, 0.25) is 6.23 Å². The van der Waals surface area contributed by atoms with Crippen molar-refractivity contribution in [2.75, 3.05) is 33.4 Å². The number of carbonyl (C=O) groups is 1. The Labute approximate surface area is 202 Å². The molecule has 1 aliphatic rings. The van der Waals surface area contributed by atoms with E-state index in [2.05, 4.69) is 28.8 Å².